The Morgan fingerprint density at radius 2 is 1.38 bits per heavy atom. The van der Waals surface area contributed by atoms with Crippen LogP contribution >= 0.6 is 0 Å². The van der Waals surface area contributed by atoms with Gasteiger partial charge in [-0.1, -0.05) is 72.8 Å². The van der Waals surface area contributed by atoms with Crippen molar-refractivity contribution >= 4 is 11.7 Å². The van der Waals surface area contributed by atoms with Gasteiger partial charge in [0, 0.05) is 5.69 Å². The minimum Gasteiger partial charge on any atom is -0.327 e. The molecule has 3 aromatic rings. The van der Waals surface area contributed by atoms with Crippen LogP contribution < -0.4 is 10.6 Å². The molecule has 0 unspecified atom stereocenters. The highest BCUT2D eigenvalue weighted by atomic mass is 16.2. The Morgan fingerprint density at radius 3 is 2.04 bits per heavy atom. The van der Waals surface area contributed by atoms with Crippen molar-refractivity contribution in [2.45, 2.75) is 13.0 Å². The van der Waals surface area contributed by atoms with E-state index in [0.717, 1.165) is 22.4 Å². The van der Waals surface area contributed by atoms with Gasteiger partial charge in [0.15, 0.2) is 0 Å². The summed E-state index contributed by atoms with van der Waals surface area (Å²) in [6.07, 6.45) is 0. The van der Waals surface area contributed by atoms with Crippen molar-refractivity contribution in [2.75, 3.05) is 5.32 Å². The van der Waals surface area contributed by atoms with Crippen molar-refractivity contribution in [3.63, 3.8) is 0 Å². The Bertz CT molecular complexity index is 800. The van der Waals surface area contributed by atoms with Crippen molar-refractivity contribution in [1.29, 1.82) is 0 Å². The van der Waals surface area contributed by atoms with E-state index in [1.54, 1.807) is 0 Å². The maximum atomic E-state index is 12.5. The number of urea groups is 1. The zero-order chi connectivity index (χ0) is 16.8. The molecule has 2 amide bonds. The zero-order valence-corrected chi connectivity index (χ0v) is 13.6. The number of rotatable bonds is 4. The van der Waals surface area contributed by atoms with E-state index in [4.69, 9.17) is 0 Å². The summed E-state index contributed by atoms with van der Waals surface area (Å²) in [5, 5.41) is 5.97. The van der Waals surface area contributed by atoms with Gasteiger partial charge in [-0.15, -0.1) is 0 Å². The highest BCUT2D eigenvalue weighted by Crippen LogP contribution is 2.24. The summed E-state index contributed by atoms with van der Waals surface area (Å²) < 4.78 is 0. The van der Waals surface area contributed by atoms with Gasteiger partial charge in [-0.05, 0) is 35.7 Å². The van der Waals surface area contributed by atoms with Gasteiger partial charge < -0.3 is 10.6 Å². The lowest BCUT2D eigenvalue weighted by atomic mass is 9.95. The molecule has 24 heavy (non-hydrogen) atoms. The summed E-state index contributed by atoms with van der Waals surface area (Å²) in [7, 11) is 0. The third kappa shape index (κ3) is 3.82. The molecule has 0 aliphatic rings. The highest BCUT2D eigenvalue weighted by molar-refractivity contribution is 5.89. The summed E-state index contributed by atoms with van der Waals surface area (Å²) in [6.45, 7) is 2.06. The first kappa shape index (κ1) is 15.8. The van der Waals surface area contributed by atoms with Gasteiger partial charge >= 0.3 is 6.03 Å². The number of hydrogen-bond donors (Lipinski definition) is 2. The summed E-state index contributed by atoms with van der Waals surface area (Å²) in [5.74, 6) is 0. The molecule has 0 spiro atoms. The smallest absolute Gasteiger partial charge is 0.319 e. The summed E-state index contributed by atoms with van der Waals surface area (Å²) in [4.78, 5) is 12.5. The topological polar surface area (TPSA) is 41.1 Å². The molecule has 3 rings (SSSR count). The second kappa shape index (κ2) is 7.47. The largest absolute Gasteiger partial charge is 0.327 e. The first-order valence-corrected chi connectivity index (χ1v) is 7.97. The van der Waals surface area contributed by atoms with Crippen molar-refractivity contribution in [3.05, 3.63) is 102 Å². The Balaban J connectivity index is 1.86. The molecule has 0 saturated heterocycles. The maximum absolute atomic E-state index is 12.5. The molecule has 0 saturated carbocycles. The van der Waals surface area contributed by atoms with Gasteiger partial charge in [0.1, 0.15) is 0 Å². The molecule has 0 radical (unpaired) electrons. The van der Waals surface area contributed by atoms with Gasteiger partial charge in [-0.2, -0.15) is 0 Å². The molecule has 0 aromatic heterocycles. The van der Waals surface area contributed by atoms with Gasteiger partial charge in [0.2, 0.25) is 0 Å². The van der Waals surface area contributed by atoms with Crippen molar-refractivity contribution in [1.82, 2.24) is 5.32 Å². The first-order valence-electron chi connectivity index (χ1n) is 7.97. The van der Waals surface area contributed by atoms with Gasteiger partial charge in [-0.25, -0.2) is 4.79 Å². The lowest BCUT2D eigenvalue weighted by Crippen LogP contribution is -2.33. The number of carbonyl (C=O) groups excluding carboxylic acids is 1. The fourth-order valence-electron chi connectivity index (χ4n) is 2.72. The molecule has 3 heteroatoms. The quantitative estimate of drug-likeness (QED) is 0.706. The number of para-hydroxylation sites is 1. The normalized spacial score (nSPS) is 11.5. The average Bonchev–Trinajstić information content (AvgIpc) is 2.62. The Morgan fingerprint density at radius 1 is 0.792 bits per heavy atom. The molecular formula is C21H20N2O. The lowest BCUT2D eigenvalue weighted by Gasteiger charge is -2.22. The summed E-state index contributed by atoms with van der Waals surface area (Å²) in [6, 6.07) is 27.1. The molecule has 0 heterocycles. The summed E-state index contributed by atoms with van der Waals surface area (Å²) >= 11 is 0. The fourth-order valence-corrected chi connectivity index (χ4v) is 2.72. The molecule has 0 bridgehead atoms. The molecule has 2 N–H and O–H groups in total. The van der Waals surface area contributed by atoms with E-state index in [9.17, 15) is 4.79 Å². The van der Waals surface area contributed by atoms with E-state index >= 15 is 0 Å². The predicted octanol–water partition coefficient (Wildman–Crippen LogP) is 4.91. The predicted molar refractivity (Wildman–Crippen MR) is 98.1 cm³/mol. The van der Waals surface area contributed by atoms with Crippen LogP contribution in [0.4, 0.5) is 10.5 Å². The molecule has 0 aliphatic heterocycles. The van der Waals surface area contributed by atoms with Crippen LogP contribution in [0.3, 0.4) is 0 Å². The third-order valence-electron chi connectivity index (χ3n) is 3.94. The third-order valence-corrected chi connectivity index (χ3v) is 3.94. The number of nitrogens with one attached hydrogen (secondary N) is 2. The monoisotopic (exact) mass is 316 g/mol. The van der Waals surface area contributed by atoms with E-state index in [0.29, 0.717) is 0 Å². The number of aryl methyl sites for hydroxylation is 1. The zero-order valence-electron chi connectivity index (χ0n) is 13.6. The molecule has 0 aliphatic carbocycles. The van der Waals surface area contributed by atoms with Crippen LogP contribution in [0, 0.1) is 6.92 Å². The molecule has 3 nitrogen and oxygen atoms in total. The van der Waals surface area contributed by atoms with Crippen molar-refractivity contribution < 1.29 is 4.79 Å². The van der Waals surface area contributed by atoms with E-state index in [1.807, 2.05) is 72.8 Å². The van der Waals surface area contributed by atoms with Crippen LogP contribution in [0.1, 0.15) is 22.7 Å². The van der Waals surface area contributed by atoms with Crippen LogP contribution in [0.5, 0.6) is 0 Å². The number of carbonyl (C=O) groups is 1. The Labute approximate surface area is 142 Å². The van der Waals surface area contributed by atoms with Crippen LogP contribution in [0.25, 0.3) is 0 Å². The maximum Gasteiger partial charge on any atom is 0.319 e. The van der Waals surface area contributed by atoms with E-state index in [2.05, 4.69) is 29.7 Å². The second-order valence-corrected chi connectivity index (χ2v) is 5.66. The molecule has 120 valence electrons. The van der Waals surface area contributed by atoms with Crippen molar-refractivity contribution in [3.8, 4) is 0 Å². The van der Waals surface area contributed by atoms with E-state index in [1.165, 1.54) is 0 Å². The number of amides is 2. The van der Waals surface area contributed by atoms with Crippen LogP contribution in [-0.4, -0.2) is 6.03 Å². The minimum absolute atomic E-state index is 0.198. The second-order valence-electron chi connectivity index (χ2n) is 5.66. The number of hydrogen-bond acceptors (Lipinski definition) is 1. The lowest BCUT2D eigenvalue weighted by molar-refractivity contribution is 0.250. The Kier molecular flexibility index (Phi) is 4.92. The first-order chi connectivity index (χ1) is 11.7. The number of benzene rings is 3. The van der Waals surface area contributed by atoms with Crippen LogP contribution in [-0.2, 0) is 0 Å². The average molecular weight is 316 g/mol. The minimum atomic E-state index is -0.224. The Hall–Kier alpha value is -3.07. The molecule has 1 atom stereocenters. The van der Waals surface area contributed by atoms with Gasteiger partial charge in [-0.3, -0.25) is 0 Å². The highest BCUT2D eigenvalue weighted by Gasteiger charge is 2.18. The standard InChI is InChI=1S/C21H20N2O/c1-16-10-8-9-15-19(16)20(17-11-4-2-5-12-17)23-21(24)22-18-13-6-3-7-14-18/h2-15,20H,1H3,(H2,22,23,24)/t20-/m1/s1. The summed E-state index contributed by atoms with van der Waals surface area (Å²) in [5.41, 5.74) is 4.06. The van der Waals surface area contributed by atoms with Crippen LogP contribution in [0.15, 0.2) is 84.9 Å². The van der Waals surface area contributed by atoms with E-state index in [-0.39, 0.29) is 12.1 Å². The molecule has 3 aromatic carbocycles. The van der Waals surface area contributed by atoms with Crippen molar-refractivity contribution in [2.24, 2.45) is 0 Å². The fraction of sp³-hybridized carbons (Fsp3) is 0.0952. The SMILES string of the molecule is Cc1ccccc1[C@H](NC(=O)Nc1ccccc1)c1ccccc1. The van der Waals surface area contributed by atoms with E-state index < -0.39 is 0 Å². The molecular weight excluding hydrogens is 296 g/mol. The van der Waals surface area contributed by atoms with Gasteiger partial charge in [0.25, 0.3) is 0 Å². The molecule has 0 fully saturated rings. The van der Waals surface area contributed by atoms with Crippen LogP contribution in [0.2, 0.25) is 0 Å². The number of anilines is 1. The van der Waals surface area contributed by atoms with Gasteiger partial charge in [0.05, 0.1) is 6.04 Å².